The van der Waals surface area contributed by atoms with Crippen LogP contribution in [0.4, 0.5) is 5.69 Å². The normalized spacial score (nSPS) is 35.3. The first-order valence-corrected chi connectivity index (χ1v) is 11.3. The van der Waals surface area contributed by atoms with Crippen LogP contribution in [0, 0.1) is 17.8 Å². The molecule has 0 aromatic heterocycles. The van der Waals surface area contributed by atoms with Crippen molar-refractivity contribution < 1.29 is 18.0 Å². The minimum absolute atomic E-state index is 0.195. The number of sulfonamides is 1. The first-order valence-electron chi connectivity index (χ1n) is 9.83. The van der Waals surface area contributed by atoms with Crippen molar-refractivity contribution in [3.05, 3.63) is 24.3 Å². The van der Waals surface area contributed by atoms with Crippen LogP contribution < -0.4 is 9.62 Å². The molecule has 6 nitrogen and oxygen atoms in total. The van der Waals surface area contributed by atoms with E-state index in [1.165, 1.54) is 31.4 Å². The van der Waals surface area contributed by atoms with E-state index in [2.05, 4.69) is 4.72 Å². The van der Waals surface area contributed by atoms with Gasteiger partial charge in [-0.1, -0.05) is 0 Å². The predicted octanol–water partition coefficient (Wildman–Crippen LogP) is 2.59. The Balaban J connectivity index is 1.38. The monoisotopic (exact) mass is 388 g/mol. The van der Waals surface area contributed by atoms with E-state index in [4.69, 9.17) is 0 Å². The van der Waals surface area contributed by atoms with Crippen molar-refractivity contribution in [3.63, 3.8) is 0 Å². The fraction of sp³-hybridized carbons (Fsp3) is 0.600. The molecule has 1 aliphatic heterocycles. The number of nitrogens with zero attached hydrogens (tertiary/aromatic N) is 1. The maximum Gasteiger partial charge on any atom is 0.241 e. The van der Waals surface area contributed by atoms with E-state index in [0.717, 1.165) is 24.2 Å². The lowest BCUT2D eigenvalue weighted by Gasteiger charge is -2.56. The second kappa shape index (κ2) is 5.88. The molecule has 0 spiro atoms. The Labute approximate surface area is 159 Å². The van der Waals surface area contributed by atoms with Gasteiger partial charge in [0, 0.05) is 18.4 Å². The molecule has 0 radical (unpaired) electrons. The van der Waals surface area contributed by atoms with E-state index in [-0.39, 0.29) is 35.1 Å². The van der Waals surface area contributed by atoms with Crippen LogP contribution in [0.1, 0.15) is 51.4 Å². The first kappa shape index (κ1) is 17.4. The van der Waals surface area contributed by atoms with Gasteiger partial charge in [-0.3, -0.25) is 14.5 Å². The molecule has 4 aliphatic carbocycles. The fourth-order valence-corrected chi connectivity index (χ4v) is 7.65. The van der Waals surface area contributed by atoms with E-state index < -0.39 is 10.0 Å². The Hall–Kier alpha value is -1.73. The third kappa shape index (κ3) is 2.91. The lowest BCUT2D eigenvalue weighted by Crippen LogP contribution is -2.59. The van der Waals surface area contributed by atoms with Gasteiger partial charge in [-0.25, -0.2) is 13.1 Å². The number of rotatable bonds is 4. The van der Waals surface area contributed by atoms with Gasteiger partial charge in [0.1, 0.15) is 0 Å². The lowest BCUT2D eigenvalue weighted by atomic mass is 9.53. The number of imide groups is 1. The maximum atomic E-state index is 13.0. The van der Waals surface area contributed by atoms with Crippen molar-refractivity contribution in [1.82, 2.24) is 4.72 Å². The number of hydrogen-bond donors (Lipinski definition) is 1. The number of anilines is 1. The highest BCUT2D eigenvalue weighted by atomic mass is 32.2. The van der Waals surface area contributed by atoms with Crippen LogP contribution in [0.2, 0.25) is 0 Å². The van der Waals surface area contributed by atoms with Crippen LogP contribution >= 0.6 is 0 Å². The van der Waals surface area contributed by atoms with Crippen LogP contribution in [0.25, 0.3) is 0 Å². The zero-order chi connectivity index (χ0) is 18.8. The number of benzene rings is 1. The third-order valence-electron chi connectivity index (χ3n) is 6.85. The molecule has 0 atom stereocenters. The Morgan fingerprint density at radius 1 is 0.852 bits per heavy atom. The molecule has 4 bridgehead atoms. The standard InChI is InChI=1S/C20H24N2O4S/c23-18-5-6-19(24)22(18)16-1-3-17(4-2-16)27(25,26)21-20-10-13-7-14(11-20)9-15(8-13)12-20/h1-4,13-15,21H,5-12H2. The molecule has 144 valence electrons. The molecule has 1 heterocycles. The molecule has 4 saturated carbocycles. The van der Waals surface area contributed by atoms with Crippen molar-refractivity contribution >= 4 is 27.5 Å². The summed E-state index contributed by atoms with van der Waals surface area (Å²) in [5, 5.41) is 0. The molecular weight excluding hydrogens is 364 g/mol. The van der Waals surface area contributed by atoms with Crippen LogP contribution in [0.5, 0.6) is 0 Å². The minimum Gasteiger partial charge on any atom is -0.274 e. The molecule has 27 heavy (non-hydrogen) atoms. The number of carbonyl (C=O) groups is 2. The third-order valence-corrected chi connectivity index (χ3v) is 8.44. The highest BCUT2D eigenvalue weighted by Gasteiger charge is 2.52. The average Bonchev–Trinajstić information content (AvgIpc) is 2.91. The van der Waals surface area contributed by atoms with Gasteiger partial charge in [-0.05, 0) is 80.5 Å². The molecular formula is C20H24N2O4S. The summed E-state index contributed by atoms with van der Waals surface area (Å²) in [6, 6.07) is 6.10. The summed E-state index contributed by atoms with van der Waals surface area (Å²) in [6.45, 7) is 0. The zero-order valence-corrected chi connectivity index (χ0v) is 16.0. The molecule has 7 heteroatoms. The predicted molar refractivity (Wildman–Crippen MR) is 99.4 cm³/mol. The van der Waals surface area contributed by atoms with Crippen LogP contribution in [-0.2, 0) is 19.6 Å². The zero-order valence-electron chi connectivity index (χ0n) is 15.2. The first-order chi connectivity index (χ1) is 12.8. The van der Waals surface area contributed by atoms with Crippen molar-refractivity contribution in [3.8, 4) is 0 Å². The Kier molecular flexibility index (Phi) is 3.78. The molecule has 6 rings (SSSR count). The van der Waals surface area contributed by atoms with E-state index in [1.807, 2.05) is 0 Å². The van der Waals surface area contributed by atoms with Gasteiger partial charge in [0.2, 0.25) is 21.8 Å². The molecule has 2 amide bonds. The van der Waals surface area contributed by atoms with Crippen LogP contribution in [-0.4, -0.2) is 25.8 Å². The highest BCUT2D eigenvalue weighted by Crippen LogP contribution is 2.56. The van der Waals surface area contributed by atoms with Crippen LogP contribution in [0.15, 0.2) is 29.2 Å². The average molecular weight is 388 g/mol. The van der Waals surface area contributed by atoms with Gasteiger partial charge in [-0.15, -0.1) is 0 Å². The lowest BCUT2D eigenvalue weighted by molar-refractivity contribution is -0.121. The number of amides is 2. The molecule has 0 unspecified atom stereocenters. The SMILES string of the molecule is O=C1CCC(=O)N1c1ccc(S(=O)(=O)NC23CC4CC(CC(C4)C2)C3)cc1. The van der Waals surface area contributed by atoms with Gasteiger partial charge in [0.05, 0.1) is 10.6 Å². The summed E-state index contributed by atoms with van der Waals surface area (Å²) in [5.41, 5.74) is 0.156. The van der Waals surface area contributed by atoms with Crippen molar-refractivity contribution in [1.29, 1.82) is 0 Å². The molecule has 1 N–H and O–H groups in total. The summed E-state index contributed by atoms with van der Waals surface area (Å²) in [6.07, 6.45) is 7.06. The number of hydrogen-bond acceptors (Lipinski definition) is 4. The summed E-state index contributed by atoms with van der Waals surface area (Å²) in [7, 11) is -3.63. The highest BCUT2D eigenvalue weighted by molar-refractivity contribution is 7.89. The van der Waals surface area contributed by atoms with Gasteiger partial charge in [0.25, 0.3) is 0 Å². The quantitative estimate of drug-likeness (QED) is 0.804. The van der Waals surface area contributed by atoms with Crippen molar-refractivity contribution in [2.45, 2.75) is 61.8 Å². The maximum absolute atomic E-state index is 13.0. The van der Waals surface area contributed by atoms with E-state index >= 15 is 0 Å². The smallest absolute Gasteiger partial charge is 0.241 e. The summed E-state index contributed by atoms with van der Waals surface area (Å²) in [4.78, 5) is 25.1. The second-order valence-electron chi connectivity index (χ2n) is 8.92. The van der Waals surface area contributed by atoms with Crippen molar-refractivity contribution in [2.75, 3.05) is 4.90 Å². The fourth-order valence-electron chi connectivity index (χ4n) is 6.22. The van der Waals surface area contributed by atoms with Crippen molar-refractivity contribution in [2.24, 2.45) is 17.8 Å². The molecule has 1 aromatic carbocycles. The number of nitrogens with one attached hydrogen (secondary N) is 1. The van der Waals surface area contributed by atoms with Gasteiger partial charge >= 0.3 is 0 Å². The molecule has 5 aliphatic rings. The topological polar surface area (TPSA) is 83.6 Å². The van der Waals surface area contributed by atoms with Gasteiger partial charge in [-0.2, -0.15) is 0 Å². The molecule has 5 fully saturated rings. The van der Waals surface area contributed by atoms with E-state index in [9.17, 15) is 18.0 Å². The molecule has 1 aromatic rings. The second-order valence-corrected chi connectivity index (χ2v) is 10.6. The van der Waals surface area contributed by atoms with E-state index in [0.29, 0.717) is 23.4 Å². The van der Waals surface area contributed by atoms with Gasteiger partial charge in [0.15, 0.2) is 0 Å². The summed E-state index contributed by atoms with van der Waals surface area (Å²) < 4.78 is 29.1. The Bertz CT molecular complexity index is 855. The Morgan fingerprint density at radius 2 is 1.33 bits per heavy atom. The van der Waals surface area contributed by atoms with Gasteiger partial charge < -0.3 is 0 Å². The summed E-state index contributed by atoms with van der Waals surface area (Å²) in [5.74, 6) is 1.51. The molecule has 1 saturated heterocycles. The largest absolute Gasteiger partial charge is 0.274 e. The van der Waals surface area contributed by atoms with Crippen LogP contribution in [0.3, 0.4) is 0 Å². The summed E-state index contributed by atoms with van der Waals surface area (Å²) >= 11 is 0. The number of carbonyl (C=O) groups excluding carboxylic acids is 2. The van der Waals surface area contributed by atoms with E-state index in [1.54, 1.807) is 12.1 Å². The Morgan fingerprint density at radius 3 is 1.81 bits per heavy atom. The minimum atomic E-state index is -3.63.